The SMILES string of the molecule is Cc1ccc(NC(=O)CSCc2c(Cl)cccc2Cl)cc1. The number of halogens is 2. The smallest absolute Gasteiger partial charge is 0.234 e. The fourth-order valence-electron chi connectivity index (χ4n) is 1.75. The highest BCUT2D eigenvalue weighted by Gasteiger charge is 2.07. The number of carbonyl (C=O) groups is 1. The summed E-state index contributed by atoms with van der Waals surface area (Å²) >= 11 is 13.7. The largest absolute Gasteiger partial charge is 0.325 e. The van der Waals surface area contributed by atoms with Crippen molar-refractivity contribution in [2.45, 2.75) is 12.7 Å². The van der Waals surface area contributed by atoms with Crippen molar-refractivity contribution >= 4 is 46.6 Å². The van der Waals surface area contributed by atoms with E-state index in [-0.39, 0.29) is 5.91 Å². The molecular formula is C16H15Cl2NOS. The van der Waals surface area contributed by atoms with Crippen LogP contribution in [0, 0.1) is 6.92 Å². The van der Waals surface area contributed by atoms with Gasteiger partial charge in [0, 0.05) is 21.5 Å². The van der Waals surface area contributed by atoms with Crippen molar-refractivity contribution in [3.63, 3.8) is 0 Å². The van der Waals surface area contributed by atoms with Gasteiger partial charge in [-0.05, 0) is 36.8 Å². The molecule has 0 bridgehead atoms. The van der Waals surface area contributed by atoms with Crippen LogP contribution in [0.4, 0.5) is 5.69 Å². The van der Waals surface area contributed by atoms with E-state index in [2.05, 4.69) is 5.32 Å². The van der Waals surface area contributed by atoms with Gasteiger partial charge in [0.05, 0.1) is 5.75 Å². The second-order valence-electron chi connectivity index (χ2n) is 4.61. The number of benzene rings is 2. The summed E-state index contributed by atoms with van der Waals surface area (Å²) in [5.74, 6) is 0.932. The molecule has 0 saturated heterocycles. The van der Waals surface area contributed by atoms with Crippen molar-refractivity contribution < 1.29 is 4.79 Å². The number of carbonyl (C=O) groups excluding carboxylic acids is 1. The molecule has 0 aromatic heterocycles. The van der Waals surface area contributed by atoms with Crippen molar-refractivity contribution in [3.05, 3.63) is 63.6 Å². The lowest BCUT2D eigenvalue weighted by Gasteiger charge is -2.08. The van der Waals surface area contributed by atoms with Gasteiger partial charge in [-0.1, -0.05) is 47.0 Å². The van der Waals surface area contributed by atoms with Crippen molar-refractivity contribution in [2.24, 2.45) is 0 Å². The molecule has 0 aliphatic carbocycles. The highest BCUT2D eigenvalue weighted by atomic mass is 35.5. The molecule has 5 heteroatoms. The van der Waals surface area contributed by atoms with Crippen LogP contribution in [0.25, 0.3) is 0 Å². The molecule has 1 N–H and O–H groups in total. The molecule has 0 fully saturated rings. The Kier molecular flexibility index (Phi) is 5.97. The fourth-order valence-corrected chi connectivity index (χ4v) is 3.31. The fraction of sp³-hybridized carbons (Fsp3) is 0.188. The molecule has 2 nitrogen and oxygen atoms in total. The van der Waals surface area contributed by atoms with Crippen LogP contribution in [0.15, 0.2) is 42.5 Å². The van der Waals surface area contributed by atoms with Gasteiger partial charge < -0.3 is 5.32 Å². The number of hydrogen-bond donors (Lipinski definition) is 1. The predicted octanol–water partition coefficient (Wildman–Crippen LogP) is 5.17. The highest BCUT2D eigenvalue weighted by Crippen LogP contribution is 2.28. The molecule has 0 aliphatic rings. The second-order valence-corrected chi connectivity index (χ2v) is 6.41. The molecule has 0 spiro atoms. The number of thioether (sulfide) groups is 1. The maximum Gasteiger partial charge on any atom is 0.234 e. The third-order valence-electron chi connectivity index (χ3n) is 2.88. The Morgan fingerprint density at radius 3 is 2.33 bits per heavy atom. The molecule has 0 heterocycles. The van der Waals surface area contributed by atoms with Crippen LogP contribution in [0.3, 0.4) is 0 Å². The summed E-state index contributed by atoms with van der Waals surface area (Å²) in [7, 11) is 0. The van der Waals surface area contributed by atoms with Crippen LogP contribution in [0.1, 0.15) is 11.1 Å². The molecule has 1 amide bonds. The van der Waals surface area contributed by atoms with Crippen LogP contribution >= 0.6 is 35.0 Å². The topological polar surface area (TPSA) is 29.1 Å². The lowest BCUT2D eigenvalue weighted by atomic mass is 10.2. The quantitative estimate of drug-likeness (QED) is 0.813. The minimum Gasteiger partial charge on any atom is -0.325 e. The van der Waals surface area contributed by atoms with Gasteiger partial charge in [-0.15, -0.1) is 11.8 Å². The van der Waals surface area contributed by atoms with Gasteiger partial charge in [0.25, 0.3) is 0 Å². The number of anilines is 1. The van der Waals surface area contributed by atoms with Gasteiger partial charge in [-0.2, -0.15) is 0 Å². The molecule has 2 aromatic rings. The van der Waals surface area contributed by atoms with Gasteiger partial charge >= 0.3 is 0 Å². The second kappa shape index (κ2) is 7.74. The zero-order chi connectivity index (χ0) is 15.2. The molecule has 2 rings (SSSR count). The standard InChI is InChI=1S/C16H15Cl2NOS/c1-11-5-7-12(8-6-11)19-16(20)10-21-9-13-14(17)3-2-4-15(13)18/h2-8H,9-10H2,1H3,(H,19,20). The molecule has 2 aromatic carbocycles. The molecule has 0 unspecified atom stereocenters. The van der Waals surface area contributed by atoms with Crippen molar-refractivity contribution in [1.82, 2.24) is 0 Å². The number of amides is 1. The van der Waals surface area contributed by atoms with E-state index in [1.807, 2.05) is 37.3 Å². The monoisotopic (exact) mass is 339 g/mol. The maximum atomic E-state index is 11.9. The number of nitrogens with one attached hydrogen (secondary N) is 1. The van der Waals surface area contributed by atoms with E-state index in [9.17, 15) is 4.79 Å². The first kappa shape index (κ1) is 16.2. The zero-order valence-corrected chi connectivity index (χ0v) is 13.9. The predicted molar refractivity (Wildman–Crippen MR) is 92.4 cm³/mol. The summed E-state index contributed by atoms with van der Waals surface area (Å²) in [6.45, 7) is 2.01. The minimum absolute atomic E-state index is 0.0352. The van der Waals surface area contributed by atoms with Crippen LogP contribution in [-0.4, -0.2) is 11.7 Å². The van der Waals surface area contributed by atoms with Crippen molar-refractivity contribution in [2.75, 3.05) is 11.1 Å². The van der Waals surface area contributed by atoms with Crippen LogP contribution < -0.4 is 5.32 Å². The molecule has 0 aliphatic heterocycles. The Balaban J connectivity index is 1.83. The third kappa shape index (κ3) is 4.95. The lowest BCUT2D eigenvalue weighted by molar-refractivity contribution is -0.113. The van der Waals surface area contributed by atoms with Crippen LogP contribution in [0.2, 0.25) is 10.0 Å². The number of rotatable bonds is 5. The van der Waals surface area contributed by atoms with Crippen LogP contribution in [-0.2, 0) is 10.5 Å². The zero-order valence-electron chi connectivity index (χ0n) is 11.5. The molecule has 110 valence electrons. The van der Waals surface area contributed by atoms with E-state index in [4.69, 9.17) is 23.2 Å². The number of aryl methyl sites for hydroxylation is 1. The van der Waals surface area contributed by atoms with E-state index in [1.54, 1.807) is 12.1 Å². The normalized spacial score (nSPS) is 10.4. The third-order valence-corrected chi connectivity index (χ3v) is 4.54. The van der Waals surface area contributed by atoms with E-state index >= 15 is 0 Å². The van der Waals surface area contributed by atoms with Gasteiger partial charge in [0.2, 0.25) is 5.91 Å². The first-order chi connectivity index (χ1) is 10.1. The van der Waals surface area contributed by atoms with E-state index in [0.29, 0.717) is 21.6 Å². The number of hydrogen-bond acceptors (Lipinski definition) is 2. The Morgan fingerprint density at radius 1 is 1.10 bits per heavy atom. The summed E-state index contributed by atoms with van der Waals surface area (Å²) in [4.78, 5) is 11.9. The van der Waals surface area contributed by atoms with Crippen molar-refractivity contribution in [3.8, 4) is 0 Å². The van der Waals surface area contributed by atoms with Crippen molar-refractivity contribution in [1.29, 1.82) is 0 Å². The van der Waals surface area contributed by atoms with E-state index < -0.39 is 0 Å². The maximum absolute atomic E-state index is 11.9. The Bertz CT molecular complexity index is 608. The molecule has 21 heavy (non-hydrogen) atoms. The van der Waals surface area contributed by atoms with Gasteiger partial charge in [0.15, 0.2) is 0 Å². The molecule has 0 radical (unpaired) electrons. The summed E-state index contributed by atoms with van der Waals surface area (Å²) in [6, 6.07) is 13.1. The Hall–Kier alpha value is -1.16. The van der Waals surface area contributed by atoms with Crippen LogP contribution in [0.5, 0.6) is 0 Å². The molecular weight excluding hydrogens is 325 g/mol. The van der Waals surface area contributed by atoms with Gasteiger partial charge in [-0.3, -0.25) is 4.79 Å². The Labute approximate surface area is 138 Å². The average molecular weight is 340 g/mol. The first-order valence-electron chi connectivity index (χ1n) is 6.43. The molecule has 0 atom stereocenters. The average Bonchev–Trinajstić information content (AvgIpc) is 2.45. The van der Waals surface area contributed by atoms with Gasteiger partial charge in [-0.25, -0.2) is 0 Å². The highest BCUT2D eigenvalue weighted by molar-refractivity contribution is 7.99. The lowest BCUT2D eigenvalue weighted by Crippen LogP contribution is -2.14. The van der Waals surface area contributed by atoms with Gasteiger partial charge in [0.1, 0.15) is 0 Å². The van der Waals surface area contributed by atoms with E-state index in [1.165, 1.54) is 11.8 Å². The summed E-state index contributed by atoms with van der Waals surface area (Å²) in [5, 5.41) is 4.13. The Morgan fingerprint density at radius 2 is 1.71 bits per heavy atom. The summed E-state index contributed by atoms with van der Waals surface area (Å²) in [5.41, 5.74) is 2.84. The molecule has 0 saturated carbocycles. The van der Waals surface area contributed by atoms with E-state index in [0.717, 1.165) is 16.8 Å². The summed E-state index contributed by atoms with van der Waals surface area (Å²) < 4.78 is 0. The summed E-state index contributed by atoms with van der Waals surface area (Å²) in [6.07, 6.45) is 0. The minimum atomic E-state index is -0.0352. The first-order valence-corrected chi connectivity index (χ1v) is 8.34.